The van der Waals surface area contributed by atoms with Crippen LogP contribution in [0.4, 0.5) is 0 Å². The van der Waals surface area contributed by atoms with Crippen LogP contribution in [0.3, 0.4) is 0 Å². The molecule has 0 aromatic carbocycles. The van der Waals surface area contributed by atoms with Crippen LogP contribution in [0.25, 0.3) is 0 Å². The first kappa shape index (κ1) is 28.5. The van der Waals surface area contributed by atoms with Crippen LogP contribution in [0.1, 0.15) is 79.1 Å². The van der Waals surface area contributed by atoms with Gasteiger partial charge < -0.3 is 13.8 Å². The Morgan fingerprint density at radius 3 is 1.41 bits per heavy atom. The molecule has 0 heterocycles. The van der Waals surface area contributed by atoms with E-state index >= 15 is 0 Å². The second-order valence-electron chi connectivity index (χ2n) is 7.78. The van der Waals surface area contributed by atoms with Crippen molar-refractivity contribution in [3.8, 4) is 0 Å². The van der Waals surface area contributed by atoms with Crippen LogP contribution in [0.5, 0.6) is 0 Å². The minimum Gasteiger partial charge on any atom is -0.772 e. The molecule has 9 heteroatoms. The molecule has 0 bridgehead atoms. The Morgan fingerprint density at radius 1 is 0.793 bits per heavy atom. The molecular formula is C20H36O7S2-2. The van der Waals surface area contributed by atoms with Gasteiger partial charge in [-0.15, -0.1) is 0 Å². The van der Waals surface area contributed by atoms with Crippen LogP contribution < -0.4 is 0 Å². The third-order valence-electron chi connectivity index (χ3n) is 5.05. The van der Waals surface area contributed by atoms with Crippen molar-refractivity contribution < 1.29 is 31.8 Å². The summed E-state index contributed by atoms with van der Waals surface area (Å²) >= 11 is -4.88. The molecule has 0 rings (SSSR count). The Labute approximate surface area is 180 Å². The highest BCUT2D eigenvalue weighted by atomic mass is 32.2. The van der Waals surface area contributed by atoms with Crippen molar-refractivity contribution in [3.63, 3.8) is 0 Å². The first-order valence-electron chi connectivity index (χ1n) is 10.4. The zero-order chi connectivity index (χ0) is 22.4. The van der Waals surface area contributed by atoms with Crippen molar-refractivity contribution in [1.82, 2.24) is 0 Å². The van der Waals surface area contributed by atoms with E-state index in [0.29, 0.717) is 12.8 Å². The minimum absolute atomic E-state index is 0.0209. The van der Waals surface area contributed by atoms with Crippen molar-refractivity contribution in [2.75, 3.05) is 13.2 Å². The highest BCUT2D eigenvalue weighted by Gasteiger charge is 2.24. The molecule has 7 nitrogen and oxygen atoms in total. The van der Waals surface area contributed by atoms with Gasteiger partial charge in [0.25, 0.3) is 0 Å². The molecule has 0 saturated carbocycles. The lowest BCUT2D eigenvalue weighted by Gasteiger charge is -2.29. The molecule has 0 spiro atoms. The van der Waals surface area contributed by atoms with E-state index in [1.807, 2.05) is 13.8 Å². The van der Waals surface area contributed by atoms with Crippen molar-refractivity contribution >= 4 is 33.7 Å². The summed E-state index contributed by atoms with van der Waals surface area (Å²) in [6.45, 7) is 6.98. The lowest BCUT2D eigenvalue weighted by molar-refractivity contribution is -0.120. The fraction of sp³-hybridized carbons (Fsp3) is 0.900. The summed E-state index contributed by atoms with van der Waals surface area (Å²) < 4.78 is 51.7. The van der Waals surface area contributed by atoms with Crippen molar-refractivity contribution in [1.29, 1.82) is 0 Å². The van der Waals surface area contributed by atoms with Gasteiger partial charge >= 0.3 is 0 Å². The molecule has 172 valence electrons. The zero-order valence-electron chi connectivity index (χ0n) is 18.1. The smallest absolute Gasteiger partial charge is 0.133 e. The van der Waals surface area contributed by atoms with E-state index in [9.17, 15) is 27.1 Å². The average molecular weight is 453 g/mol. The number of rotatable bonds is 18. The number of Topliss-reactive ketones (excluding diaryl/α,β-unsaturated/α-hetero) is 2. The van der Waals surface area contributed by atoms with Crippen LogP contribution in [0.15, 0.2) is 0 Å². The third-order valence-corrected chi connectivity index (χ3v) is 7.24. The summed E-state index contributed by atoms with van der Waals surface area (Å²) in [5.41, 5.74) is 0. The standard InChI is InChI=1S/C20H38O7S2/c1-5-7-9-17(21)11-15(3)19(28(23)24)13-27-14-20(29(25)26)16(4)12-18(22)10-8-6-2/h15-16,19-20H,5-14H2,1-4H3,(H,23,24)(H,25,26)/p-2. The van der Waals surface area contributed by atoms with Crippen molar-refractivity contribution in [2.45, 2.75) is 89.6 Å². The Hall–Kier alpha value is -0.480. The Bertz CT molecular complexity index is 493. The summed E-state index contributed by atoms with van der Waals surface area (Å²) in [6, 6.07) is 0. The van der Waals surface area contributed by atoms with Crippen LogP contribution >= 0.6 is 0 Å². The Balaban J connectivity index is 4.69. The summed E-state index contributed by atoms with van der Waals surface area (Å²) in [6.07, 6.45) is 4.52. The average Bonchev–Trinajstić information content (AvgIpc) is 2.63. The normalized spacial score (nSPS) is 17.9. The largest absolute Gasteiger partial charge is 0.772 e. The van der Waals surface area contributed by atoms with Crippen LogP contribution in [0.2, 0.25) is 0 Å². The highest BCUT2D eigenvalue weighted by molar-refractivity contribution is 7.80. The highest BCUT2D eigenvalue weighted by Crippen LogP contribution is 2.19. The van der Waals surface area contributed by atoms with Gasteiger partial charge in [0.1, 0.15) is 11.6 Å². The van der Waals surface area contributed by atoms with Crippen LogP contribution in [-0.2, 0) is 36.5 Å². The maximum atomic E-state index is 11.9. The predicted molar refractivity (Wildman–Crippen MR) is 113 cm³/mol. The number of hydrogen-bond acceptors (Lipinski definition) is 7. The molecule has 6 atom stereocenters. The van der Waals surface area contributed by atoms with E-state index in [1.165, 1.54) is 0 Å². The molecule has 29 heavy (non-hydrogen) atoms. The van der Waals surface area contributed by atoms with E-state index in [4.69, 9.17) is 4.74 Å². The van der Waals surface area contributed by atoms with Crippen molar-refractivity contribution in [3.05, 3.63) is 0 Å². The maximum Gasteiger partial charge on any atom is 0.133 e. The number of ketones is 2. The van der Waals surface area contributed by atoms with Crippen LogP contribution in [0, 0.1) is 11.8 Å². The molecule has 0 fully saturated rings. The van der Waals surface area contributed by atoms with Gasteiger partial charge in [-0.1, -0.05) is 40.5 Å². The molecule has 0 aromatic heterocycles. The van der Waals surface area contributed by atoms with E-state index in [0.717, 1.165) is 25.7 Å². The summed E-state index contributed by atoms with van der Waals surface area (Å²) in [5, 5.41) is -1.77. The second kappa shape index (κ2) is 16.2. The van der Waals surface area contributed by atoms with Crippen LogP contribution in [-0.4, -0.2) is 52.8 Å². The third kappa shape index (κ3) is 12.7. The molecule has 0 saturated heterocycles. The SMILES string of the molecule is CCCCC(=O)CC(C)C(COCC(C(C)CC(=O)CCCC)S(=O)[O-])S(=O)[O-]. The second-order valence-corrected chi connectivity index (χ2v) is 10.0. The minimum atomic E-state index is -2.44. The molecule has 0 aliphatic heterocycles. The zero-order valence-corrected chi connectivity index (χ0v) is 19.7. The molecule has 0 aromatic rings. The maximum absolute atomic E-state index is 11.9. The summed E-state index contributed by atoms with van der Waals surface area (Å²) in [7, 11) is 0. The number of carbonyl (C=O) groups excluding carboxylic acids is 2. The van der Waals surface area contributed by atoms with E-state index in [2.05, 4.69) is 0 Å². The van der Waals surface area contributed by atoms with E-state index in [-0.39, 0.29) is 37.6 Å². The molecule has 0 amide bonds. The quantitative estimate of drug-likeness (QED) is 0.293. The fourth-order valence-corrected chi connectivity index (χ4v) is 4.42. The summed E-state index contributed by atoms with van der Waals surface area (Å²) in [5.74, 6) is -0.788. The molecule has 0 radical (unpaired) electrons. The fourth-order valence-electron chi connectivity index (χ4n) is 3.05. The number of unbranched alkanes of at least 4 members (excludes halogenated alkanes) is 2. The lowest BCUT2D eigenvalue weighted by atomic mass is 9.98. The molecular weight excluding hydrogens is 416 g/mol. The van der Waals surface area contributed by atoms with Gasteiger partial charge in [-0.25, -0.2) is 0 Å². The van der Waals surface area contributed by atoms with E-state index < -0.39 is 44.5 Å². The van der Waals surface area contributed by atoms with Gasteiger partial charge in [-0.2, -0.15) is 0 Å². The first-order chi connectivity index (χ1) is 13.6. The van der Waals surface area contributed by atoms with Crippen molar-refractivity contribution in [2.24, 2.45) is 11.8 Å². The van der Waals surface area contributed by atoms with E-state index in [1.54, 1.807) is 13.8 Å². The van der Waals surface area contributed by atoms with Gasteiger partial charge in [0.15, 0.2) is 0 Å². The predicted octanol–water partition coefficient (Wildman–Crippen LogP) is 3.07. The summed E-state index contributed by atoms with van der Waals surface area (Å²) in [4.78, 5) is 23.8. The monoisotopic (exact) mass is 452 g/mol. The number of ether oxygens (including phenoxy) is 1. The van der Waals surface area contributed by atoms with Gasteiger partial charge in [0.05, 0.1) is 13.2 Å². The Morgan fingerprint density at radius 2 is 1.14 bits per heavy atom. The van der Waals surface area contributed by atoms with Gasteiger partial charge in [-0.05, 0) is 46.8 Å². The topological polar surface area (TPSA) is 124 Å². The molecule has 0 aliphatic rings. The van der Waals surface area contributed by atoms with Gasteiger partial charge in [0, 0.05) is 36.2 Å². The number of hydrogen-bond donors (Lipinski definition) is 0. The van der Waals surface area contributed by atoms with Gasteiger partial charge in [-0.3, -0.25) is 18.0 Å². The molecule has 6 unspecified atom stereocenters. The number of carbonyl (C=O) groups is 2. The van der Waals surface area contributed by atoms with Gasteiger partial charge in [0.2, 0.25) is 0 Å². The molecule has 0 N–H and O–H groups in total. The first-order valence-corrected chi connectivity index (χ1v) is 12.7. The lowest BCUT2D eigenvalue weighted by Crippen LogP contribution is -2.35. The Kier molecular flexibility index (Phi) is 16.0. The molecule has 0 aliphatic carbocycles.